The number of nitrogens with zero attached hydrogens (tertiary/aromatic N) is 1. The molecule has 4 atom stereocenters. The minimum atomic E-state index is -1.48. The van der Waals surface area contributed by atoms with Crippen molar-refractivity contribution in [3.8, 4) is 0 Å². The predicted octanol–water partition coefficient (Wildman–Crippen LogP) is 2.00. The number of aliphatic carboxylic acids is 1. The van der Waals surface area contributed by atoms with Crippen molar-refractivity contribution >= 4 is 29.8 Å². The van der Waals surface area contributed by atoms with E-state index in [4.69, 9.17) is 4.74 Å². The van der Waals surface area contributed by atoms with Gasteiger partial charge < -0.3 is 30.7 Å². The number of alkyl carbamates (subject to hydrolysis) is 1. The van der Waals surface area contributed by atoms with Gasteiger partial charge in [0.05, 0.1) is 0 Å². The zero-order chi connectivity index (χ0) is 29.3. The molecule has 0 radical (unpaired) electrons. The molecule has 2 aromatic rings. The van der Waals surface area contributed by atoms with E-state index in [0.29, 0.717) is 19.4 Å². The highest BCUT2D eigenvalue weighted by Gasteiger charge is 2.39. The van der Waals surface area contributed by atoms with Crippen LogP contribution in [0.3, 0.4) is 0 Å². The maximum absolute atomic E-state index is 13.4. The third kappa shape index (κ3) is 8.05. The van der Waals surface area contributed by atoms with Crippen LogP contribution in [0.2, 0.25) is 0 Å². The van der Waals surface area contributed by atoms with E-state index in [1.54, 1.807) is 12.1 Å². The van der Waals surface area contributed by atoms with Gasteiger partial charge in [-0.25, -0.2) is 9.59 Å². The minimum absolute atomic E-state index is 0.0141. The lowest BCUT2D eigenvalue weighted by molar-refractivity contribution is -0.149. The van der Waals surface area contributed by atoms with Crippen LogP contribution in [0.4, 0.5) is 4.79 Å². The number of nitrogens with one attached hydrogen (secondary N) is 3. The van der Waals surface area contributed by atoms with Crippen molar-refractivity contribution in [3.63, 3.8) is 0 Å². The molecule has 4 N–H and O–H groups in total. The summed E-state index contributed by atoms with van der Waals surface area (Å²) in [6, 6.07) is 15.2. The molecular weight excluding hydrogens is 516 g/mol. The Bertz CT molecular complexity index is 1210. The fourth-order valence-electron chi connectivity index (χ4n) is 4.53. The standard InChI is InChI=1S/C29H36N4O7/c1-19(24(34)30-20(2)25(35)33-16-10-15-23(33)26(36)37)31-27(38)29(3,17-21-11-6-4-7-12-21)32-28(39)40-18-22-13-8-5-9-14-22/h4-9,11-14,19-20,23H,10,15-18H2,1-3H3,(H,30,34)(H,31,38)(H,32,39)(H,36,37)/t19-,20-,23-,29-/m0/s1. The Morgan fingerprint density at radius 1 is 0.950 bits per heavy atom. The van der Waals surface area contributed by atoms with Gasteiger partial charge in [-0.1, -0.05) is 60.7 Å². The number of carboxylic acid groups (broad SMARTS) is 1. The molecule has 0 bridgehead atoms. The van der Waals surface area contributed by atoms with Crippen molar-refractivity contribution in [2.24, 2.45) is 0 Å². The molecule has 0 aliphatic carbocycles. The van der Waals surface area contributed by atoms with Crippen LogP contribution in [0.5, 0.6) is 0 Å². The van der Waals surface area contributed by atoms with Gasteiger partial charge in [0.25, 0.3) is 0 Å². The van der Waals surface area contributed by atoms with Crippen molar-refractivity contribution in [2.75, 3.05) is 6.54 Å². The van der Waals surface area contributed by atoms with Crippen molar-refractivity contribution < 1.29 is 33.8 Å². The molecule has 1 saturated heterocycles. The number of carbonyl (C=O) groups excluding carboxylic acids is 4. The topological polar surface area (TPSA) is 154 Å². The maximum Gasteiger partial charge on any atom is 0.408 e. The monoisotopic (exact) mass is 552 g/mol. The van der Waals surface area contributed by atoms with Crippen LogP contribution in [0.1, 0.15) is 44.7 Å². The lowest BCUT2D eigenvalue weighted by Gasteiger charge is -2.31. The Hall–Kier alpha value is -4.41. The van der Waals surface area contributed by atoms with E-state index in [9.17, 15) is 29.1 Å². The molecule has 2 aromatic carbocycles. The number of carboxylic acids is 1. The summed E-state index contributed by atoms with van der Waals surface area (Å²) in [5, 5.41) is 17.2. The first-order valence-corrected chi connectivity index (χ1v) is 13.2. The van der Waals surface area contributed by atoms with Gasteiger partial charge in [-0.3, -0.25) is 14.4 Å². The highest BCUT2D eigenvalue weighted by molar-refractivity contribution is 5.96. The summed E-state index contributed by atoms with van der Waals surface area (Å²) in [5.74, 6) is -2.85. The maximum atomic E-state index is 13.4. The molecule has 40 heavy (non-hydrogen) atoms. The molecular formula is C29H36N4O7. The molecule has 11 heteroatoms. The molecule has 1 aliphatic heterocycles. The first kappa shape index (κ1) is 30.1. The number of carbonyl (C=O) groups is 5. The molecule has 1 aliphatic rings. The quantitative estimate of drug-likeness (QED) is 0.332. The average molecular weight is 553 g/mol. The van der Waals surface area contributed by atoms with Crippen molar-refractivity contribution in [1.82, 2.24) is 20.9 Å². The Balaban J connectivity index is 1.64. The summed E-state index contributed by atoms with van der Waals surface area (Å²) in [5.41, 5.74) is 0.0814. The molecule has 214 valence electrons. The number of ether oxygens (including phenoxy) is 1. The van der Waals surface area contributed by atoms with E-state index in [0.717, 1.165) is 11.1 Å². The summed E-state index contributed by atoms with van der Waals surface area (Å²) < 4.78 is 5.32. The Kier molecular flexibility index (Phi) is 10.2. The third-order valence-corrected chi connectivity index (χ3v) is 6.78. The molecule has 0 aromatic heterocycles. The number of amides is 4. The Morgan fingerprint density at radius 3 is 2.15 bits per heavy atom. The van der Waals surface area contributed by atoms with Crippen LogP contribution >= 0.6 is 0 Å². The third-order valence-electron chi connectivity index (χ3n) is 6.78. The number of hydrogen-bond acceptors (Lipinski definition) is 6. The largest absolute Gasteiger partial charge is 0.480 e. The van der Waals surface area contributed by atoms with E-state index in [1.807, 2.05) is 48.5 Å². The molecule has 1 heterocycles. The zero-order valence-electron chi connectivity index (χ0n) is 22.9. The summed E-state index contributed by atoms with van der Waals surface area (Å²) in [6.07, 6.45) is 0.243. The van der Waals surface area contributed by atoms with Crippen LogP contribution in [0.15, 0.2) is 60.7 Å². The number of likely N-dealkylation sites (tertiary alicyclic amines) is 1. The van der Waals surface area contributed by atoms with Gasteiger partial charge in [-0.15, -0.1) is 0 Å². The molecule has 0 unspecified atom stereocenters. The fraction of sp³-hybridized carbons (Fsp3) is 0.414. The summed E-state index contributed by atoms with van der Waals surface area (Å²) in [6.45, 7) is 4.77. The first-order chi connectivity index (χ1) is 19.0. The summed E-state index contributed by atoms with van der Waals surface area (Å²) in [7, 11) is 0. The SMILES string of the molecule is C[C@H](NC(=O)[C@](C)(Cc1ccccc1)NC(=O)OCc1ccccc1)C(=O)N[C@@H](C)C(=O)N1CCC[C@H]1C(=O)O. The van der Waals surface area contributed by atoms with Gasteiger partial charge in [-0.2, -0.15) is 0 Å². The normalized spacial score (nSPS) is 17.6. The second-order valence-electron chi connectivity index (χ2n) is 10.1. The van der Waals surface area contributed by atoms with Crippen LogP contribution in [-0.2, 0) is 36.9 Å². The lowest BCUT2D eigenvalue weighted by atomic mass is 9.91. The van der Waals surface area contributed by atoms with E-state index in [1.165, 1.54) is 25.7 Å². The molecule has 4 amide bonds. The smallest absolute Gasteiger partial charge is 0.408 e. The summed E-state index contributed by atoms with van der Waals surface area (Å²) >= 11 is 0. The van der Waals surface area contributed by atoms with Crippen molar-refractivity contribution in [3.05, 3.63) is 71.8 Å². The van der Waals surface area contributed by atoms with Gasteiger partial charge in [0.2, 0.25) is 17.7 Å². The second kappa shape index (κ2) is 13.6. The predicted molar refractivity (Wildman–Crippen MR) is 146 cm³/mol. The number of benzene rings is 2. The Morgan fingerprint density at radius 2 is 1.55 bits per heavy atom. The van der Waals surface area contributed by atoms with E-state index in [2.05, 4.69) is 16.0 Å². The van der Waals surface area contributed by atoms with Gasteiger partial charge >= 0.3 is 12.1 Å². The van der Waals surface area contributed by atoms with Gasteiger partial charge in [0.15, 0.2) is 0 Å². The lowest BCUT2D eigenvalue weighted by Crippen LogP contribution is -2.61. The average Bonchev–Trinajstić information content (AvgIpc) is 3.43. The zero-order valence-corrected chi connectivity index (χ0v) is 22.9. The van der Waals surface area contributed by atoms with Crippen molar-refractivity contribution in [2.45, 2.75) is 70.3 Å². The molecule has 3 rings (SSSR count). The number of rotatable bonds is 11. The number of hydrogen-bond donors (Lipinski definition) is 4. The highest BCUT2D eigenvalue weighted by atomic mass is 16.5. The molecule has 11 nitrogen and oxygen atoms in total. The van der Waals surface area contributed by atoms with E-state index in [-0.39, 0.29) is 13.0 Å². The van der Waals surface area contributed by atoms with Crippen LogP contribution in [-0.4, -0.2) is 70.0 Å². The van der Waals surface area contributed by atoms with E-state index >= 15 is 0 Å². The fourth-order valence-corrected chi connectivity index (χ4v) is 4.53. The highest BCUT2D eigenvalue weighted by Crippen LogP contribution is 2.19. The molecule has 1 fully saturated rings. The van der Waals surface area contributed by atoms with E-state index < -0.39 is 53.4 Å². The van der Waals surface area contributed by atoms with Gasteiger partial charge in [-0.05, 0) is 44.7 Å². The molecule has 0 spiro atoms. The first-order valence-electron chi connectivity index (χ1n) is 13.2. The Labute approximate surface area is 233 Å². The van der Waals surface area contributed by atoms with Crippen LogP contribution in [0, 0.1) is 0 Å². The molecule has 0 saturated carbocycles. The van der Waals surface area contributed by atoms with Crippen molar-refractivity contribution in [1.29, 1.82) is 0 Å². The van der Waals surface area contributed by atoms with Crippen LogP contribution in [0.25, 0.3) is 0 Å². The second-order valence-corrected chi connectivity index (χ2v) is 10.1. The van der Waals surface area contributed by atoms with Gasteiger partial charge in [0.1, 0.15) is 30.3 Å². The summed E-state index contributed by atoms with van der Waals surface area (Å²) in [4.78, 5) is 64.5. The van der Waals surface area contributed by atoms with Gasteiger partial charge in [0, 0.05) is 13.0 Å². The minimum Gasteiger partial charge on any atom is -0.480 e. The van der Waals surface area contributed by atoms with Crippen LogP contribution < -0.4 is 16.0 Å².